The van der Waals surface area contributed by atoms with Gasteiger partial charge >= 0.3 is 18.3 Å². The van der Waals surface area contributed by atoms with E-state index in [1.807, 2.05) is 23.1 Å². The molecule has 43 heavy (non-hydrogen) atoms. The fraction of sp³-hybridized carbons (Fsp3) is 0.400. The van der Waals surface area contributed by atoms with Crippen LogP contribution in [0, 0.1) is 6.92 Å². The van der Waals surface area contributed by atoms with Gasteiger partial charge < -0.3 is 14.9 Å². The smallest absolute Gasteiger partial charge is 0.430 e. The third-order valence-electron chi connectivity index (χ3n) is 7.45. The highest BCUT2D eigenvalue weighted by Gasteiger charge is 2.71. The lowest BCUT2D eigenvalue weighted by Gasteiger charge is -2.40. The SMILES string of the molecule is Cc1cc(CN2CCN(Cc3ccncc3)C[C@@H]2C(=O)OCCO)ccc1-c1ccc(C(O)(C(F)(F)F)C(F)(F)F)cc1. The van der Waals surface area contributed by atoms with Crippen molar-refractivity contribution in [2.75, 3.05) is 32.8 Å². The van der Waals surface area contributed by atoms with E-state index in [0.717, 1.165) is 23.3 Å². The summed E-state index contributed by atoms with van der Waals surface area (Å²) in [4.78, 5) is 21.0. The molecule has 2 heterocycles. The number of aliphatic hydroxyl groups excluding tert-OH is 1. The molecular weight excluding hydrogens is 580 g/mol. The highest BCUT2D eigenvalue weighted by Crippen LogP contribution is 2.50. The molecule has 7 nitrogen and oxygen atoms in total. The number of ether oxygens (including phenoxy) is 1. The molecule has 1 aliphatic heterocycles. The number of halogens is 6. The van der Waals surface area contributed by atoms with Crippen molar-refractivity contribution in [2.24, 2.45) is 0 Å². The van der Waals surface area contributed by atoms with Crippen LogP contribution in [0.1, 0.15) is 22.3 Å². The Hall–Kier alpha value is -3.52. The average Bonchev–Trinajstić information content (AvgIpc) is 2.96. The number of aliphatic hydroxyl groups is 2. The number of aryl methyl sites for hydroxylation is 1. The Labute approximate surface area is 244 Å². The van der Waals surface area contributed by atoms with Gasteiger partial charge in [-0.15, -0.1) is 0 Å². The molecule has 0 saturated carbocycles. The van der Waals surface area contributed by atoms with Crippen molar-refractivity contribution < 1.29 is 46.1 Å². The Kier molecular flexibility index (Phi) is 9.79. The van der Waals surface area contributed by atoms with Gasteiger partial charge in [0.2, 0.25) is 0 Å². The van der Waals surface area contributed by atoms with Crippen LogP contribution in [0.2, 0.25) is 0 Å². The Morgan fingerprint density at radius 3 is 2.16 bits per heavy atom. The average molecular weight is 612 g/mol. The number of alkyl halides is 6. The van der Waals surface area contributed by atoms with Crippen LogP contribution in [-0.4, -0.2) is 82.2 Å². The van der Waals surface area contributed by atoms with Crippen LogP contribution in [0.5, 0.6) is 0 Å². The summed E-state index contributed by atoms with van der Waals surface area (Å²) in [5, 5.41) is 18.8. The summed E-state index contributed by atoms with van der Waals surface area (Å²) in [6.45, 7) is 3.97. The molecule has 13 heteroatoms. The first-order valence-corrected chi connectivity index (χ1v) is 13.4. The van der Waals surface area contributed by atoms with Crippen molar-refractivity contribution in [3.8, 4) is 11.1 Å². The van der Waals surface area contributed by atoms with Crippen LogP contribution in [-0.2, 0) is 28.2 Å². The van der Waals surface area contributed by atoms with Crippen molar-refractivity contribution in [3.05, 3.63) is 89.2 Å². The van der Waals surface area contributed by atoms with E-state index in [-0.39, 0.29) is 13.2 Å². The van der Waals surface area contributed by atoms with Gasteiger partial charge in [0.25, 0.3) is 5.60 Å². The van der Waals surface area contributed by atoms with Gasteiger partial charge in [0.05, 0.1) is 6.61 Å². The number of aromatic nitrogens is 1. The van der Waals surface area contributed by atoms with E-state index >= 15 is 0 Å². The molecule has 232 valence electrons. The molecule has 0 amide bonds. The topological polar surface area (TPSA) is 86.1 Å². The minimum atomic E-state index is -5.96. The van der Waals surface area contributed by atoms with Gasteiger partial charge in [-0.25, -0.2) is 0 Å². The predicted octanol–water partition coefficient (Wildman–Crippen LogP) is 4.59. The Balaban J connectivity index is 1.51. The molecule has 1 fully saturated rings. The van der Waals surface area contributed by atoms with Crippen molar-refractivity contribution >= 4 is 5.97 Å². The molecule has 1 atom stereocenters. The predicted molar refractivity (Wildman–Crippen MR) is 144 cm³/mol. The summed E-state index contributed by atoms with van der Waals surface area (Å²) in [5.41, 5.74) is -2.77. The number of hydrogen-bond acceptors (Lipinski definition) is 7. The fourth-order valence-corrected chi connectivity index (χ4v) is 5.18. The normalized spacial score (nSPS) is 17.2. The zero-order valence-electron chi connectivity index (χ0n) is 23.2. The lowest BCUT2D eigenvalue weighted by atomic mass is 9.90. The summed E-state index contributed by atoms with van der Waals surface area (Å²) < 4.78 is 84.7. The minimum Gasteiger partial charge on any atom is -0.462 e. The second-order valence-electron chi connectivity index (χ2n) is 10.4. The number of nitrogens with zero attached hydrogens (tertiary/aromatic N) is 3. The monoisotopic (exact) mass is 611 g/mol. The van der Waals surface area contributed by atoms with E-state index < -0.39 is 35.5 Å². The summed E-state index contributed by atoms with van der Waals surface area (Å²) in [6, 6.07) is 12.0. The summed E-state index contributed by atoms with van der Waals surface area (Å²) in [7, 11) is 0. The third-order valence-corrected chi connectivity index (χ3v) is 7.45. The highest BCUT2D eigenvalue weighted by atomic mass is 19.4. The molecule has 1 saturated heterocycles. The number of hydrogen-bond donors (Lipinski definition) is 2. The third kappa shape index (κ3) is 7.18. The maximum Gasteiger partial charge on any atom is 0.430 e. The molecule has 0 unspecified atom stereocenters. The van der Waals surface area contributed by atoms with Crippen molar-refractivity contribution in [3.63, 3.8) is 0 Å². The quantitative estimate of drug-likeness (QED) is 0.271. The van der Waals surface area contributed by atoms with Crippen LogP contribution in [0.25, 0.3) is 11.1 Å². The molecule has 1 aromatic heterocycles. The molecular formula is C30H31F6N3O4. The molecule has 4 rings (SSSR count). The molecule has 0 aliphatic carbocycles. The van der Waals surface area contributed by atoms with Crippen LogP contribution in [0.15, 0.2) is 67.0 Å². The number of carbonyl (C=O) groups excluding carboxylic acids is 1. The molecule has 3 aromatic rings. The maximum absolute atomic E-state index is 13.2. The summed E-state index contributed by atoms with van der Waals surface area (Å²) in [6.07, 6.45) is -8.53. The van der Waals surface area contributed by atoms with Gasteiger partial charge in [0.15, 0.2) is 0 Å². The molecule has 1 aliphatic rings. The number of benzene rings is 2. The van der Waals surface area contributed by atoms with E-state index in [0.29, 0.717) is 61.5 Å². The standard InChI is InChI=1S/C30H31F6N3O4/c1-20-16-22(2-7-25(20)23-3-5-24(6-4-23)28(42,29(31,32)33)30(34,35)36)18-39-13-12-38(17-21-8-10-37-11-9-21)19-26(39)27(41)43-15-14-40/h2-11,16,26,40,42H,12-15,17-19H2,1H3/t26-/m1/s1. The van der Waals surface area contributed by atoms with Gasteiger partial charge in [0, 0.05) is 50.7 Å². The van der Waals surface area contributed by atoms with E-state index in [1.165, 1.54) is 0 Å². The Morgan fingerprint density at radius 2 is 1.58 bits per heavy atom. The summed E-state index contributed by atoms with van der Waals surface area (Å²) in [5.74, 6) is -0.459. The van der Waals surface area contributed by atoms with Gasteiger partial charge in [0.1, 0.15) is 12.6 Å². The first-order chi connectivity index (χ1) is 20.2. The second-order valence-corrected chi connectivity index (χ2v) is 10.4. The highest BCUT2D eigenvalue weighted by molar-refractivity contribution is 5.76. The van der Waals surface area contributed by atoms with E-state index in [2.05, 4.69) is 9.88 Å². The van der Waals surface area contributed by atoms with E-state index in [9.17, 15) is 36.2 Å². The lowest BCUT2D eigenvalue weighted by molar-refractivity contribution is -0.376. The molecule has 2 N–H and O–H groups in total. The molecule has 0 radical (unpaired) electrons. The zero-order valence-corrected chi connectivity index (χ0v) is 23.2. The molecule has 0 spiro atoms. The van der Waals surface area contributed by atoms with Gasteiger partial charge in [-0.2, -0.15) is 26.3 Å². The molecule has 2 aromatic carbocycles. The van der Waals surface area contributed by atoms with Crippen molar-refractivity contribution in [1.29, 1.82) is 0 Å². The molecule has 0 bridgehead atoms. The Morgan fingerprint density at radius 1 is 0.930 bits per heavy atom. The van der Waals surface area contributed by atoms with Crippen LogP contribution >= 0.6 is 0 Å². The number of pyridine rings is 1. The van der Waals surface area contributed by atoms with E-state index in [4.69, 9.17) is 9.84 Å². The zero-order chi connectivity index (χ0) is 31.4. The second kappa shape index (κ2) is 13.0. The number of esters is 1. The largest absolute Gasteiger partial charge is 0.462 e. The van der Waals surface area contributed by atoms with Gasteiger partial charge in [-0.1, -0.05) is 42.5 Å². The van der Waals surface area contributed by atoms with Crippen LogP contribution < -0.4 is 0 Å². The van der Waals surface area contributed by atoms with Gasteiger partial charge in [-0.3, -0.25) is 19.6 Å². The maximum atomic E-state index is 13.2. The summed E-state index contributed by atoms with van der Waals surface area (Å²) >= 11 is 0. The van der Waals surface area contributed by atoms with Crippen molar-refractivity contribution in [1.82, 2.24) is 14.8 Å². The number of carbonyl (C=O) groups is 1. The first kappa shape index (κ1) is 32.4. The Bertz CT molecular complexity index is 1370. The van der Waals surface area contributed by atoms with Crippen LogP contribution in [0.4, 0.5) is 26.3 Å². The van der Waals surface area contributed by atoms with Crippen molar-refractivity contribution in [2.45, 2.75) is 44.0 Å². The number of piperazine rings is 1. The van der Waals surface area contributed by atoms with Gasteiger partial charge in [-0.05, 0) is 46.9 Å². The van der Waals surface area contributed by atoms with Crippen LogP contribution in [0.3, 0.4) is 0 Å². The van der Waals surface area contributed by atoms with E-state index in [1.54, 1.807) is 31.5 Å². The minimum absolute atomic E-state index is 0.122. The lowest BCUT2D eigenvalue weighted by Crippen LogP contribution is -2.56. The number of rotatable bonds is 9. The first-order valence-electron chi connectivity index (χ1n) is 13.4. The fourth-order valence-electron chi connectivity index (χ4n) is 5.18.